The van der Waals surface area contributed by atoms with Crippen molar-refractivity contribution >= 4 is 11.7 Å². The fourth-order valence-corrected chi connectivity index (χ4v) is 2.91. The Morgan fingerprint density at radius 3 is 2.73 bits per heavy atom. The van der Waals surface area contributed by atoms with E-state index in [1.165, 1.54) is 16.3 Å². The van der Waals surface area contributed by atoms with Gasteiger partial charge in [-0.25, -0.2) is 4.98 Å². The van der Waals surface area contributed by atoms with Gasteiger partial charge < -0.3 is 10.4 Å². The number of nitrogens with one attached hydrogen (secondary N) is 1. The highest BCUT2D eigenvalue weighted by Crippen LogP contribution is 2.17. The van der Waals surface area contributed by atoms with Crippen molar-refractivity contribution in [2.45, 2.75) is 25.8 Å². The Balaban J connectivity index is 1.83. The molecule has 0 radical (unpaired) electrons. The van der Waals surface area contributed by atoms with Crippen LogP contribution < -0.4 is 10.9 Å². The maximum absolute atomic E-state index is 12.7. The lowest BCUT2D eigenvalue weighted by molar-refractivity contribution is -0.137. The summed E-state index contributed by atoms with van der Waals surface area (Å²) < 4.78 is 1.19. The highest BCUT2D eigenvalue weighted by atomic mass is 16.4. The molecular weight excluding hydrogens is 330 g/mol. The average Bonchev–Trinajstić information content (AvgIpc) is 2.66. The van der Waals surface area contributed by atoms with Crippen LogP contribution in [0.1, 0.15) is 19.3 Å². The van der Waals surface area contributed by atoms with Gasteiger partial charge in [0.05, 0.1) is 6.20 Å². The van der Waals surface area contributed by atoms with E-state index in [2.05, 4.69) is 28.5 Å². The molecular formula is C20H21N3O3. The van der Waals surface area contributed by atoms with Crippen molar-refractivity contribution in [2.75, 3.05) is 11.9 Å². The van der Waals surface area contributed by atoms with Crippen LogP contribution in [0.4, 0.5) is 5.69 Å². The zero-order valence-corrected chi connectivity index (χ0v) is 14.4. The van der Waals surface area contributed by atoms with E-state index < -0.39 is 12.5 Å². The van der Waals surface area contributed by atoms with Gasteiger partial charge in [0.2, 0.25) is 0 Å². The molecule has 134 valence electrons. The summed E-state index contributed by atoms with van der Waals surface area (Å²) in [5.41, 5.74) is 1.87. The van der Waals surface area contributed by atoms with Crippen LogP contribution in [-0.4, -0.2) is 27.2 Å². The first kappa shape index (κ1) is 17.7. The lowest BCUT2D eigenvalue weighted by Crippen LogP contribution is -2.29. The lowest BCUT2D eigenvalue weighted by Gasteiger charge is -2.13. The number of rotatable bonds is 7. The number of allylic oxidation sites excluding steroid dienone is 3. The molecule has 1 aromatic heterocycles. The average molecular weight is 351 g/mol. The van der Waals surface area contributed by atoms with E-state index in [1.807, 2.05) is 18.2 Å². The van der Waals surface area contributed by atoms with E-state index in [-0.39, 0.29) is 5.56 Å². The molecule has 0 atom stereocenters. The summed E-state index contributed by atoms with van der Waals surface area (Å²) in [5.74, 6) is -0.734. The minimum absolute atomic E-state index is 0.311. The fourth-order valence-electron chi connectivity index (χ4n) is 2.91. The van der Waals surface area contributed by atoms with E-state index >= 15 is 0 Å². The third-order valence-corrected chi connectivity index (χ3v) is 4.17. The number of carboxylic acids is 1. The predicted octanol–water partition coefficient (Wildman–Crippen LogP) is 3.07. The molecule has 2 N–H and O–H groups in total. The molecule has 3 rings (SSSR count). The summed E-state index contributed by atoms with van der Waals surface area (Å²) in [7, 11) is 0. The number of hydrogen-bond acceptors (Lipinski definition) is 4. The molecule has 6 heteroatoms. The number of nitrogens with zero attached hydrogens (tertiary/aromatic N) is 2. The van der Waals surface area contributed by atoms with Crippen LogP contribution in [0.15, 0.2) is 65.1 Å². The summed E-state index contributed by atoms with van der Waals surface area (Å²) in [4.78, 5) is 28.3. The Morgan fingerprint density at radius 2 is 2.04 bits per heavy atom. The Kier molecular flexibility index (Phi) is 5.63. The third kappa shape index (κ3) is 4.27. The molecule has 1 heterocycles. The van der Waals surface area contributed by atoms with Gasteiger partial charge in [0.15, 0.2) is 0 Å². The van der Waals surface area contributed by atoms with E-state index in [4.69, 9.17) is 0 Å². The van der Waals surface area contributed by atoms with Crippen LogP contribution >= 0.6 is 0 Å². The minimum atomic E-state index is -1.08. The maximum Gasteiger partial charge on any atom is 0.323 e. The molecule has 0 spiro atoms. The zero-order valence-electron chi connectivity index (χ0n) is 14.4. The molecule has 6 nitrogen and oxygen atoms in total. The van der Waals surface area contributed by atoms with E-state index in [0.29, 0.717) is 23.6 Å². The summed E-state index contributed by atoms with van der Waals surface area (Å²) >= 11 is 0. The largest absolute Gasteiger partial charge is 0.480 e. The molecule has 0 aliphatic heterocycles. The standard InChI is InChI=1S/C20H21N3O3/c24-18(25)14-23-19(16-9-5-2-6-10-16)22-13-17(20(23)26)21-12-11-15-7-3-1-4-8-15/h2-3,5-10,13,21H,1,4,11-12,14H2,(H,24,25). The van der Waals surface area contributed by atoms with Crippen molar-refractivity contribution in [1.29, 1.82) is 0 Å². The van der Waals surface area contributed by atoms with Gasteiger partial charge in [-0.15, -0.1) is 0 Å². The third-order valence-electron chi connectivity index (χ3n) is 4.17. The Bertz CT molecular complexity index is 898. The smallest absolute Gasteiger partial charge is 0.323 e. The lowest BCUT2D eigenvalue weighted by atomic mass is 10.0. The number of carboxylic acid groups (broad SMARTS) is 1. The molecule has 2 aromatic rings. The Labute approximate surface area is 151 Å². The maximum atomic E-state index is 12.7. The van der Waals surface area contributed by atoms with Crippen molar-refractivity contribution in [3.8, 4) is 11.4 Å². The monoisotopic (exact) mass is 351 g/mol. The van der Waals surface area contributed by atoms with Crippen molar-refractivity contribution in [3.05, 3.63) is 70.7 Å². The second-order valence-electron chi connectivity index (χ2n) is 6.08. The van der Waals surface area contributed by atoms with Crippen LogP contribution in [0.3, 0.4) is 0 Å². The van der Waals surface area contributed by atoms with Crippen molar-refractivity contribution < 1.29 is 9.90 Å². The molecule has 0 amide bonds. The minimum Gasteiger partial charge on any atom is -0.480 e. The van der Waals surface area contributed by atoms with Gasteiger partial charge in [0, 0.05) is 12.1 Å². The SMILES string of the molecule is O=C(O)Cn1c(-c2ccccc2)ncc(NCCC2=CCCC=C2)c1=O. The van der Waals surface area contributed by atoms with E-state index in [0.717, 1.165) is 19.3 Å². The zero-order chi connectivity index (χ0) is 18.4. The topological polar surface area (TPSA) is 84.2 Å². The van der Waals surface area contributed by atoms with Gasteiger partial charge in [-0.05, 0) is 19.3 Å². The van der Waals surface area contributed by atoms with Crippen molar-refractivity contribution in [1.82, 2.24) is 9.55 Å². The van der Waals surface area contributed by atoms with Gasteiger partial charge in [-0.2, -0.15) is 0 Å². The molecule has 0 bridgehead atoms. The molecule has 1 aliphatic rings. The van der Waals surface area contributed by atoms with Crippen LogP contribution in [0, 0.1) is 0 Å². The summed E-state index contributed by atoms with van der Waals surface area (Å²) in [6.07, 6.45) is 10.8. The normalized spacial score (nSPS) is 13.3. The Hall–Kier alpha value is -3.15. The first-order chi connectivity index (χ1) is 12.6. The number of hydrogen-bond donors (Lipinski definition) is 2. The molecule has 0 saturated heterocycles. The van der Waals surface area contributed by atoms with Crippen LogP contribution in [0.5, 0.6) is 0 Å². The van der Waals surface area contributed by atoms with Crippen LogP contribution in [0.25, 0.3) is 11.4 Å². The van der Waals surface area contributed by atoms with Crippen LogP contribution in [-0.2, 0) is 11.3 Å². The van der Waals surface area contributed by atoms with Crippen molar-refractivity contribution in [3.63, 3.8) is 0 Å². The second-order valence-corrected chi connectivity index (χ2v) is 6.08. The Morgan fingerprint density at radius 1 is 1.23 bits per heavy atom. The second kappa shape index (κ2) is 8.29. The molecule has 0 unspecified atom stereocenters. The number of aliphatic carboxylic acids is 1. The fraction of sp³-hybridized carbons (Fsp3) is 0.250. The first-order valence-electron chi connectivity index (χ1n) is 8.61. The summed E-state index contributed by atoms with van der Waals surface area (Å²) in [5, 5.41) is 12.3. The van der Waals surface area contributed by atoms with E-state index in [1.54, 1.807) is 12.1 Å². The van der Waals surface area contributed by atoms with Gasteiger partial charge in [-0.3, -0.25) is 14.2 Å². The molecule has 1 aromatic carbocycles. The quantitative estimate of drug-likeness (QED) is 0.801. The van der Waals surface area contributed by atoms with Gasteiger partial charge >= 0.3 is 5.97 Å². The van der Waals surface area contributed by atoms with Gasteiger partial charge in [0.1, 0.15) is 18.1 Å². The van der Waals surface area contributed by atoms with Gasteiger partial charge in [-0.1, -0.05) is 54.1 Å². The molecule has 26 heavy (non-hydrogen) atoms. The number of aromatic nitrogens is 2. The number of carbonyl (C=O) groups is 1. The summed E-state index contributed by atoms with van der Waals surface area (Å²) in [6, 6.07) is 9.10. The molecule has 0 saturated carbocycles. The number of anilines is 1. The summed E-state index contributed by atoms with van der Waals surface area (Å²) in [6.45, 7) is 0.157. The predicted molar refractivity (Wildman–Crippen MR) is 101 cm³/mol. The highest BCUT2D eigenvalue weighted by molar-refractivity contribution is 5.68. The highest BCUT2D eigenvalue weighted by Gasteiger charge is 2.14. The molecule has 0 fully saturated rings. The van der Waals surface area contributed by atoms with Crippen molar-refractivity contribution in [2.24, 2.45) is 0 Å². The molecule has 1 aliphatic carbocycles. The number of benzene rings is 1. The van der Waals surface area contributed by atoms with Crippen LogP contribution in [0.2, 0.25) is 0 Å². The van der Waals surface area contributed by atoms with Gasteiger partial charge in [0.25, 0.3) is 5.56 Å². The van der Waals surface area contributed by atoms with E-state index in [9.17, 15) is 14.7 Å². The first-order valence-corrected chi connectivity index (χ1v) is 8.61.